The zero-order valence-corrected chi connectivity index (χ0v) is 13.5. The summed E-state index contributed by atoms with van der Waals surface area (Å²) in [5, 5.41) is 11.0. The summed E-state index contributed by atoms with van der Waals surface area (Å²) in [6, 6.07) is 2.76. The number of carboxylic acid groups (broad SMARTS) is 1. The van der Waals surface area contributed by atoms with E-state index in [0.717, 1.165) is 10.4 Å². The standard InChI is InChI=1S/C13H18N2O6S/c1-8(13(17)18)14-12(16)9-5-6-10(21-4)11(7-9)22(19,20)15(2)3/h5-8H,1-4H3,(H,14,16)(H,17,18)/t8-/m1/s1. The molecule has 1 atom stereocenters. The fraction of sp³-hybridized carbons (Fsp3) is 0.385. The van der Waals surface area contributed by atoms with Crippen LogP contribution < -0.4 is 10.1 Å². The van der Waals surface area contributed by atoms with Gasteiger partial charge >= 0.3 is 5.97 Å². The highest BCUT2D eigenvalue weighted by molar-refractivity contribution is 7.89. The lowest BCUT2D eigenvalue weighted by Crippen LogP contribution is -2.38. The van der Waals surface area contributed by atoms with Crippen molar-refractivity contribution in [3.05, 3.63) is 23.8 Å². The molecule has 1 aromatic rings. The maximum Gasteiger partial charge on any atom is 0.325 e. The zero-order chi connectivity index (χ0) is 17.1. The molecule has 0 bridgehead atoms. The van der Waals surface area contributed by atoms with Crippen LogP contribution in [-0.4, -0.2) is 57.0 Å². The third kappa shape index (κ3) is 3.74. The zero-order valence-electron chi connectivity index (χ0n) is 12.7. The Morgan fingerprint density at radius 3 is 2.36 bits per heavy atom. The van der Waals surface area contributed by atoms with Crippen LogP contribution in [0.3, 0.4) is 0 Å². The van der Waals surface area contributed by atoms with E-state index in [1.54, 1.807) is 0 Å². The number of carbonyl (C=O) groups excluding carboxylic acids is 1. The maximum absolute atomic E-state index is 12.2. The smallest absolute Gasteiger partial charge is 0.325 e. The van der Waals surface area contributed by atoms with E-state index in [2.05, 4.69) is 5.32 Å². The van der Waals surface area contributed by atoms with Crippen molar-refractivity contribution in [1.29, 1.82) is 0 Å². The molecule has 1 aromatic carbocycles. The molecule has 1 rings (SSSR count). The van der Waals surface area contributed by atoms with Crippen LogP contribution in [0.5, 0.6) is 5.75 Å². The SMILES string of the molecule is COc1ccc(C(=O)N[C@H](C)C(=O)O)cc1S(=O)(=O)N(C)C. The average Bonchev–Trinajstić information content (AvgIpc) is 2.45. The van der Waals surface area contributed by atoms with Crippen LogP contribution in [0.25, 0.3) is 0 Å². The molecule has 0 aliphatic heterocycles. The first-order valence-electron chi connectivity index (χ1n) is 6.25. The highest BCUT2D eigenvalue weighted by atomic mass is 32.2. The normalized spacial score (nSPS) is 12.8. The Kier molecular flexibility index (Phi) is 5.50. The number of ether oxygens (including phenoxy) is 1. The predicted octanol–water partition coefficient (Wildman–Crippen LogP) is 0.148. The Morgan fingerprint density at radius 2 is 1.91 bits per heavy atom. The van der Waals surface area contributed by atoms with Crippen LogP contribution in [0.1, 0.15) is 17.3 Å². The maximum atomic E-state index is 12.2. The van der Waals surface area contributed by atoms with Crippen LogP contribution >= 0.6 is 0 Å². The van der Waals surface area contributed by atoms with E-state index in [1.807, 2.05) is 0 Å². The van der Waals surface area contributed by atoms with Crippen molar-refractivity contribution in [2.45, 2.75) is 17.9 Å². The van der Waals surface area contributed by atoms with E-state index in [9.17, 15) is 18.0 Å². The number of carbonyl (C=O) groups is 2. The number of rotatable bonds is 6. The van der Waals surface area contributed by atoms with Crippen LogP contribution in [0.4, 0.5) is 0 Å². The summed E-state index contributed by atoms with van der Waals surface area (Å²) in [5.41, 5.74) is 0.0225. The van der Waals surface area contributed by atoms with Crippen LogP contribution in [0.15, 0.2) is 23.1 Å². The molecule has 9 heteroatoms. The Morgan fingerprint density at radius 1 is 1.32 bits per heavy atom. The Hall–Kier alpha value is -2.13. The van der Waals surface area contributed by atoms with Gasteiger partial charge in [-0.15, -0.1) is 0 Å². The van der Waals surface area contributed by atoms with Gasteiger partial charge in [-0.2, -0.15) is 0 Å². The first-order valence-corrected chi connectivity index (χ1v) is 7.69. The molecule has 0 saturated carbocycles. The molecule has 0 spiro atoms. The lowest BCUT2D eigenvalue weighted by Gasteiger charge is -2.16. The van der Waals surface area contributed by atoms with Crippen LogP contribution in [0, 0.1) is 0 Å². The molecule has 0 aliphatic rings. The second-order valence-electron chi connectivity index (χ2n) is 4.69. The molecular formula is C13H18N2O6S. The number of benzene rings is 1. The van der Waals surface area contributed by atoms with E-state index >= 15 is 0 Å². The Labute approximate surface area is 128 Å². The van der Waals surface area contributed by atoms with Gasteiger partial charge in [-0.3, -0.25) is 9.59 Å². The minimum atomic E-state index is -3.81. The highest BCUT2D eigenvalue weighted by Gasteiger charge is 2.24. The number of methoxy groups -OCH3 is 1. The first kappa shape index (κ1) is 17.9. The molecule has 8 nitrogen and oxygen atoms in total. The molecule has 0 unspecified atom stereocenters. The number of hydrogen-bond acceptors (Lipinski definition) is 5. The summed E-state index contributed by atoms with van der Waals surface area (Å²) in [7, 11) is 0.218. The summed E-state index contributed by atoms with van der Waals surface area (Å²) in [6.07, 6.45) is 0. The van der Waals surface area contributed by atoms with Gasteiger partial charge in [0.15, 0.2) is 0 Å². The van der Waals surface area contributed by atoms with Crippen molar-refractivity contribution < 1.29 is 27.9 Å². The van der Waals surface area contributed by atoms with Gasteiger partial charge < -0.3 is 15.2 Å². The molecular weight excluding hydrogens is 312 g/mol. The largest absolute Gasteiger partial charge is 0.495 e. The van der Waals surface area contributed by atoms with Crippen LogP contribution in [0.2, 0.25) is 0 Å². The highest BCUT2D eigenvalue weighted by Crippen LogP contribution is 2.26. The molecule has 122 valence electrons. The molecule has 0 saturated heterocycles. The quantitative estimate of drug-likeness (QED) is 0.767. The molecule has 0 aliphatic carbocycles. The van der Waals surface area contributed by atoms with E-state index in [1.165, 1.54) is 40.3 Å². The minimum absolute atomic E-state index is 0.0225. The number of hydrogen-bond donors (Lipinski definition) is 2. The molecule has 0 heterocycles. The van der Waals surface area contributed by atoms with Gasteiger partial charge in [-0.25, -0.2) is 12.7 Å². The lowest BCUT2D eigenvalue weighted by atomic mass is 10.2. The summed E-state index contributed by atoms with van der Waals surface area (Å²) >= 11 is 0. The second-order valence-corrected chi connectivity index (χ2v) is 6.81. The van der Waals surface area contributed by atoms with E-state index in [4.69, 9.17) is 9.84 Å². The number of nitrogens with one attached hydrogen (secondary N) is 1. The van der Waals surface area contributed by atoms with Gasteiger partial charge in [0.2, 0.25) is 10.0 Å². The first-order chi connectivity index (χ1) is 10.1. The molecule has 0 radical (unpaired) electrons. The summed E-state index contributed by atoms with van der Waals surface area (Å²) in [6.45, 7) is 1.31. The number of aliphatic carboxylic acids is 1. The third-order valence-corrected chi connectivity index (χ3v) is 4.74. The fourth-order valence-electron chi connectivity index (χ4n) is 1.56. The summed E-state index contributed by atoms with van der Waals surface area (Å²) in [5.74, 6) is -1.78. The average molecular weight is 330 g/mol. The second kappa shape index (κ2) is 6.75. The van der Waals surface area contributed by atoms with Gasteiger partial charge in [0.05, 0.1) is 7.11 Å². The molecule has 1 amide bonds. The Bertz CT molecular complexity index is 684. The van der Waals surface area contributed by atoms with E-state index < -0.39 is 27.9 Å². The Balaban J connectivity index is 3.26. The number of carboxylic acids is 1. The van der Waals surface area contributed by atoms with Crippen molar-refractivity contribution in [3.63, 3.8) is 0 Å². The molecule has 0 aromatic heterocycles. The minimum Gasteiger partial charge on any atom is -0.495 e. The van der Waals surface area contributed by atoms with Gasteiger partial charge in [-0.05, 0) is 25.1 Å². The lowest BCUT2D eigenvalue weighted by molar-refractivity contribution is -0.138. The van der Waals surface area contributed by atoms with Crippen molar-refractivity contribution in [3.8, 4) is 5.75 Å². The van der Waals surface area contributed by atoms with Gasteiger partial charge in [0, 0.05) is 19.7 Å². The monoisotopic (exact) mass is 330 g/mol. The van der Waals surface area contributed by atoms with Crippen LogP contribution in [-0.2, 0) is 14.8 Å². The van der Waals surface area contributed by atoms with Gasteiger partial charge in [0.1, 0.15) is 16.7 Å². The van der Waals surface area contributed by atoms with E-state index in [0.29, 0.717) is 0 Å². The number of sulfonamides is 1. The third-order valence-electron chi connectivity index (χ3n) is 2.90. The van der Waals surface area contributed by atoms with Crippen molar-refractivity contribution in [2.75, 3.05) is 21.2 Å². The fourth-order valence-corrected chi connectivity index (χ4v) is 2.63. The van der Waals surface area contributed by atoms with Crippen molar-refractivity contribution >= 4 is 21.9 Å². The molecule has 2 N–H and O–H groups in total. The summed E-state index contributed by atoms with van der Waals surface area (Å²) < 4.78 is 30.5. The molecule has 22 heavy (non-hydrogen) atoms. The van der Waals surface area contributed by atoms with Crippen molar-refractivity contribution in [2.24, 2.45) is 0 Å². The topological polar surface area (TPSA) is 113 Å². The van der Waals surface area contributed by atoms with Gasteiger partial charge in [0.25, 0.3) is 5.91 Å². The van der Waals surface area contributed by atoms with Gasteiger partial charge in [-0.1, -0.05) is 0 Å². The van der Waals surface area contributed by atoms with Crippen molar-refractivity contribution in [1.82, 2.24) is 9.62 Å². The number of nitrogens with zero attached hydrogens (tertiary/aromatic N) is 1. The number of amides is 1. The predicted molar refractivity (Wildman–Crippen MR) is 78.4 cm³/mol. The molecule has 0 fully saturated rings. The summed E-state index contributed by atoms with van der Waals surface area (Å²) in [4.78, 5) is 22.6. The van der Waals surface area contributed by atoms with E-state index in [-0.39, 0.29) is 16.2 Å².